The number of phosphoric ester groups is 1. The van der Waals surface area contributed by atoms with Crippen LogP contribution >= 0.6 is 7.82 Å². The number of carbonyl (C=O) groups is 2. The summed E-state index contributed by atoms with van der Waals surface area (Å²) in [4.78, 5) is 35.8. The van der Waals surface area contributed by atoms with Gasteiger partial charge in [0.2, 0.25) is 0 Å². The van der Waals surface area contributed by atoms with Gasteiger partial charge in [-0.1, -0.05) is 279 Å². The van der Waals surface area contributed by atoms with Crippen LogP contribution in [0.4, 0.5) is 0 Å². The fourth-order valence-corrected chi connectivity index (χ4v) is 10.1. The summed E-state index contributed by atoms with van der Waals surface area (Å²) < 4.78 is 34.7. The lowest BCUT2D eigenvalue weighted by Gasteiger charge is -2.24. The van der Waals surface area contributed by atoms with Gasteiger partial charge < -0.3 is 18.9 Å². The number of phosphoric acid groups is 1. The molecule has 0 spiro atoms. The topological polar surface area (TPSA) is 108 Å². The van der Waals surface area contributed by atoms with Gasteiger partial charge in [-0.15, -0.1) is 0 Å². The van der Waals surface area contributed by atoms with Crippen LogP contribution in [0.1, 0.15) is 296 Å². The van der Waals surface area contributed by atoms with Gasteiger partial charge in [0.05, 0.1) is 27.7 Å². The zero-order valence-electron chi connectivity index (χ0n) is 52.8. The normalized spacial score (nSPS) is 13.7. The first-order valence-corrected chi connectivity index (χ1v) is 34.8. The molecule has 0 bridgehead atoms. The van der Waals surface area contributed by atoms with Gasteiger partial charge in [0, 0.05) is 12.8 Å². The Bertz CT molecular complexity index is 1630. The van der Waals surface area contributed by atoms with Crippen molar-refractivity contribution in [2.75, 3.05) is 47.5 Å². The molecule has 0 heterocycles. The summed E-state index contributed by atoms with van der Waals surface area (Å²) in [6, 6.07) is 0. The molecule has 0 amide bonds. The van der Waals surface area contributed by atoms with E-state index in [2.05, 4.69) is 98.9 Å². The number of likely N-dealkylation sites (N-methyl/N-ethyl adjacent to an activating group) is 1. The minimum Gasteiger partial charge on any atom is -0.462 e. The maximum atomic E-state index is 12.8. The number of esters is 2. The van der Waals surface area contributed by atoms with Gasteiger partial charge >= 0.3 is 19.8 Å². The first-order valence-electron chi connectivity index (χ1n) is 33.3. The Hall–Kier alpha value is -2.81. The molecule has 0 aromatic heterocycles. The highest BCUT2D eigenvalue weighted by Gasteiger charge is 2.27. The van der Waals surface area contributed by atoms with Crippen molar-refractivity contribution < 1.29 is 42.1 Å². The molecule has 0 aromatic carbocycles. The summed E-state index contributed by atoms with van der Waals surface area (Å²) in [5, 5.41) is 0. The van der Waals surface area contributed by atoms with Gasteiger partial charge in [-0.25, -0.2) is 4.57 Å². The van der Waals surface area contributed by atoms with E-state index in [-0.39, 0.29) is 32.0 Å². The van der Waals surface area contributed by atoms with Crippen molar-refractivity contribution in [1.82, 2.24) is 0 Å². The lowest BCUT2D eigenvalue weighted by molar-refractivity contribution is -0.870. The van der Waals surface area contributed by atoms with Crippen LogP contribution in [0, 0.1) is 0 Å². The van der Waals surface area contributed by atoms with Crippen molar-refractivity contribution in [3.05, 3.63) is 85.1 Å². The minimum atomic E-state index is -4.39. The molecular formula is C70H127NO8P+. The van der Waals surface area contributed by atoms with E-state index in [1.54, 1.807) is 0 Å². The summed E-state index contributed by atoms with van der Waals surface area (Å²) >= 11 is 0. The van der Waals surface area contributed by atoms with E-state index in [0.717, 1.165) is 83.5 Å². The van der Waals surface area contributed by atoms with E-state index >= 15 is 0 Å². The molecule has 0 radical (unpaired) electrons. The van der Waals surface area contributed by atoms with Crippen molar-refractivity contribution in [1.29, 1.82) is 0 Å². The first-order chi connectivity index (χ1) is 39.0. The Morgan fingerprint density at radius 2 is 0.713 bits per heavy atom. The lowest BCUT2D eigenvalue weighted by atomic mass is 10.0. The average Bonchev–Trinajstić information content (AvgIpc) is 3.42. The number of nitrogens with zero attached hydrogens (tertiary/aromatic N) is 1. The van der Waals surface area contributed by atoms with Gasteiger partial charge in [-0.3, -0.25) is 18.6 Å². The molecular weight excluding hydrogens is 1010 g/mol. The summed E-state index contributed by atoms with van der Waals surface area (Å²) in [6.07, 6.45) is 82.5. The fourth-order valence-electron chi connectivity index (χ4n) is 9.31. The van der Waals surface area contributed by atoms with Gasteiger partial charge in [0.15, 0.2) is 6.10 Å². The molecule has 9 nitrogen and oxygen atoms in total. The van der Waals surface area contributed by atoms with Crippen LogP contribution in [0.15, 0.2) is 85.1 Å². The van der Waals surface area contributed by atoms with Crippen LogP contribution in [0.25, 0.3) is 0 Å². The number of quaternary nitrogens is 1. The van der Waals surface area contributed by atoms with E-state index in [9.17, 15) is 19.0 Å². The Kier molecular flexibility index (Phi) is 58.6. The standard InChI is InChI=1S/C70H126NO8P/c1-6-8-10-12-14-16-18-20-22-24-26-28-30-31-32-33-34-35-36-37-38-39-41-42-44-46-48-50-52-54-56-58-60-62-69(72)76-66-68(67-78-80(74,75)77-65-64-71(3,4)5)79-70(73)63-61-59-57-55-53-51-49-47-45-43-40-29-27-25-23-21-19-17-15-13-11-9-7-2/h9,11,15,17-18,20-21,23-24,26-27,29-31,68H,6-8,10,12-14,16,19,22,25,28,32-67H2,1-5H3/p+1/b11-9-,17-15-,20-18-,23-21-,26-24-,29-27-,31-30-. The van der Waals surface area contributed by atoms with Gasteiger partial charge in [0.1, 0.15) is 19.8 Å². The molecule has 0 aliphatic heterocycles. The molecule has 80 heavy (non-hydrogen) atoms. The lowest BCUT2D eigenvalue weighted by Crippen LogP contribution is -2.37. The average molecular weight is 1140 g/mol. The van der Waals surface area contributed by atoms with Gasteiger partial charge in [-0.2, -0.15) is 0 Å². The highest BCUT2D eigenvalue weighted by molar-refractivity contribution is 7.47. The van der Waals surface area contributed by atoms with Crippen LogP contribution < -0.4 is 0 Å². The number of allylic oxidation sites excluding steroid dienone is 14. The van der Waals surface area contributed by atoms with E-state index in [4.69, 9.17) is 18.5 Å². The third kappa shape index (κ3) is 64.4. The van der Waals surface area contributed by atoms with E-state index in [1.165, 1.54) is 180 Å². The SMILES string of the molecule is CC/C=C\C/C=C\C/C=C\C/C=C\CCCCCCCCCCCCC(=O)OC(COC(=O)CCCCCCCCCCCCCCCCCCCC/C=C\C/C=C\C/C=C\CCCCCCC)COP(=O)(O)OCC[N+](C)(C)C. The van der Waals surface area contributed by atoms with E-state index in [0.29, 0.717) is 17.4 Å². The minimum absolute atomic E-state index is 0.0287. The van der Waals surface area contributed by atoms with Crippen molar-refractivity contribution in [2.24, 2.45) is 0 Å². The number of hydrogen-bond donors (Lipinski definition) is 1. The third-order valence-corrected chi connectivity index (χ3v) is 15.4. The second kappa shape index (κ2) is 60.8. The maximum absolute atomic E-state index is 12.8. The second-order valence-corrected chi connectivity index (χ2v) is 24.9. The van der Waals surface area contributed by atoms with E-state index < -0.39 is 26.5 Å². The first kappa shape index (κ1) is 77.2. The number of ether oxygens (including phenoxy) is 2. The molecule has 0 saturated heterocycles. The highest BCUT2D eigenvalue weighted by atomic mass is 31.2. The largest absolute Gasteiger partial charge is 0.472 e. The summed E-state index contributed by atoms with van der Waals surface area (Å²) in [5.74, 6) is -0.795. The van der Waals surface area contributed by atoms with Crippen molar-refractivity contribution >= 4 is 19.8 Å². The molecule has 0 saturated carbocycles. The highest BCUT2D eigenvalue weighted by Crippen LogP contribution is 2.43. The molecule has 1 N–H and O–H groups in total. The molecule has 10 heteroatoms. The van der Waals surface area contributed by atoms with Crippen LogP contribution in [-0.2, 0) is 32.7 Å². The predicted octanol–water partition coefficient (Wildman–Crippen LogP) is 21.4. The Labute approximate surface area is 494 Å². The fraction of sp³-hybridized carbons (Fsp3) is 0.771. The zero-order chi connectivity index (χ0) is 58.4. The Balaban J connectivity index is 4.04. The van der Waals surface area contributed by atoms with Crippen molar-refractivity contribution in [3.63, 3.8) is 0 Å². The van der Waals surface area contributed by atoms with Gasteiger partial charge in [0.25, 0.3) is 0 Å². The molecule has 2 atom stereocenters. The molecule has 0 aliphatic rings. The molecule has 0 rings (SSSR count). The van der Waals surface area contributed by atoms with Gasteiger partial charge in [-0.05, 0) is 89.9 Å². The number of rotatable bonds is 61. The van der Waals surface area contributed by atoms with Crippen LogP contribution in [0.5, 0.6) is 0 Å². The molecule has 0 aliphatic carbocycles. The van der Waals surface area contributed by atoms with Crippen molar-refractivity contribution in [3.8, 4) is 0 Å². The molecule has 0 fully saturated rings. The quantitative estimate of drug-likeness (QED) is 0.0211. The number of unbranched alkanes of at least 4 members (excludes halogenated alkanes) is 33. The predicted molar refractivity (Wildman–Crippen MR) is 344 cm³/mol. The zero-order valence-corrected chi connectivity index (χ0v) is 53.7. The van der Waals surface area contributed by atoms with E-state index in [1.807, 2.05) is 21.1 Å². The molecule has 2 unspecified atom stereocenters. The van der Waals surface area contributed by atoms with Crippen LogP contribution in [0.3, 0.4) is 0 Å². The maximum Gasteiger partial charge on any atom is 0.472 e. The summed E-state index contributed by atoms with van der Waals surface area (Å²) in [6.45, 7) is 4.33. The third-order valence-electron chi connectivity index (χ3n) is 14.4. The number of carbonyl (C=O) groups excluding carboxylic acids is 2. The number of hydrogen-bond acceptors (Lipinski definition) is 7. The van der Waals surface area contributed by atoms with Crippen LogP contribution in [0.2, 0.25) is 0 Å². The smallest absolute Gasteiger partial charge is 0.462 e. The molecule has 464 valence electrons. The second-order valence-electron chi connectivity index (χ2n) is 23.5. The Morgan fingerprint density at radius 3 is 1.06 bits per heavy atom. The monoisotopic (exact) mass is 1140 g/mol. The molecule has 0 aromatic rings. The Morgan fingerprint density at radius 1 is 0.400 bits per heavy atom. The summed E-state index contributed by atoms with van der Waals surface area (Å²) in [5.41, 5.74) is 0. The van der Waals surface area contributed by atoms with Crippen LogP contribution in [-0.4, -0.2) is 74.9 Å². The van der Waals surface area contributed by atoms with Crippen molar-refractivity contribution in [2.45, 2.75) is 302 Å². The summed E-state index contributed by atoms with van der Waals surface area (Å²) in [7, 11) is 1.48.